The van der Waals surface area contributed by atoms with E-state index >= 15 is 0 Å². The summed E-state index contributed by atoms with van der Waals surface area (Å²) in [5.74, 6) is -0.126. The van der Waals surface area contributed by atoms with Gasteiger partial charge in [0.2, 0.25) is 0 Å². The van der Waals surface area contributed by atoms with Crippen molar-refractivity contribution in [3.8, 4) is 11.4 Å². The van der Waals surface area contributed by atoms with Gasteiger partial charge in [-0.25, -0.2) is 4.68 Å². The Hall–Kier alpha value is -2.37. The van der Waals surface area contributed by atoms with Crippen LogP contribution < -0.4 is 4.74 Å². The number of carboxylic acids is 1. The predicted molar refractivity (Wildman–Crippen MR) is 73.0 cm³/mol. The van der Waals surface area contributed by atoms with Gasteiger partial charge in [-0.1, -0.05) is 11.3 Å². The van der Waals surface area contributed by atoms with Crippen LogP contribution in [0.5, 0.6) is 5.75 Å². The summed E-state index contributed by atoms with van der Waals surface area (Å²) in [6, 6.07) is 7.41. The normalized spacial score (nSPS) is 11.3. The number of nitrogens with zero attached hydrogens (tertiary/aromatic N) is 3. The van der Waals surface area contributed by atoms with E-state index in [0.29, 0.717) is 12.1 Å². The summed E-state index contributed by atoms with van der Waals surface area (Å²) in [6.45, 7) is 3.33. The molecule has 1 aromatic carbocycles. The first-order valence-electron chi connectivity index (χ1n) is 6.21. The average Bonchev–Trinajstić information content (AvgIpc) is 2.86. The maximum atomic E-state index is 11.1. The highest BCUT2D eigenvalue weighted by molar-refractivity contribution is 5.73. The second-order valence-corrected chi connectivity index (χ2v) is 5.22. The van der Waals surface area contributed by atoms with Gasteiger partial charge in [0, 0.05) is 12.5 Å². The third-order valence-corrected chi connectivity index (χ3v) is 3.06. The van der Waals surface area contributed by atoms with Gasteiger partial charge in [0.1, 0.15) is 5.75 Å². The van der Waals surface area contributed by atoms with Crippen LogP contribution in [0.25, 0.3) is 5.69 Å². The highest BCUT2D eigenvalue weighted by Gasteiger charge is 2.28. The number of carbonyl (C=O) groups is 1. The Balaban J connectivity index is 2.22. The van der Waals surface area contributed by atoms with E-state index in [1.165, 1.54) is 0 Å². The van der Waals surface area contributed by atoms with Crippen molar-refractivity contribution in [1.29, 1.82) is 0 Å². The molecule has 0 bridgehead atoms. The third-order valence-electron chi connectivity index (χ3n) is 3.06. The first kappa shape index (κ1) is 14.0. The van der Waals surface area contributed by atoms with Crippen LogP contribution in [-0.2, 0) is 11.2 Å². The minimum absolute atomic E-state index is 0.326. The van der Waals surface area contributed by atoms with Crippen molar-refractivity contribution in [3.63, 3.8) is 0 Å². The Morgan fingerprint density at radius 2 is 2.20 bits per heavy atom. The summed E-state index contributed by atoms with van der Waals surface area (Å²) in [4.78, 5) is 11.1. The van der Waals surface area contributed by atoms with Gasteiger partial charge in [-0.2, -0.15) is 0 Å². The fourth-order valence-corrected chi connectivity index (χ4v) is 1.79. The Labute approximate surface area is 117 Å². The zero-order valence-corrected chi connectivity index (χ0v) is 11.7. The van der Waals surface area contributed by atoms with Gasteiger partial charge in [0.25, 0.3) is 0 Å². The van der Waals surface area contributed by atoms with Crippen LogP contribution in [-0.4, -0.2) is 33.2 Å². The lowest BCUT2D eigenvalue weighted by Crippen LogP contribution is -2.26. The molecule has 0 amide bonds. The molecule has 0 fully saturated rings. The number of hydrogen-bond acceptors (Lipinski definition) is 4. The molecule has 0 aliphatic heterocycles. The zero-order chi connectivity index (χ0) is 14.8. The van der Waals surface area contributed by atoms with E-state index in [9.17, 15) is 4.79 Å². The van der Waals surface area contributed by atoms with Crippen LogP contribution in [0, 0.1) is 5.41 Å². The molecular weight excluding hydrogens is 258 g/mol. The van der Waals surface area contributed by atoms with E-state index in [2.05, 4.69) is 10.3 Å². The molecule has 0 radical (unpaired) electrons. The molecule has 1 heterocycles. The molecule has 0 saturated heterocycles. The summed E-state index contributed by atoms with van der Waals surface area (Å²) in [7, 11) is 1.60. The number of methoxy groups -OCH3 is 1. The Morgan fingerprint density at radius 3 is 2.85 bits per heavy atom. The average molecular weight is 275 g/mol. The SMILES string of the molecule is COc1cccc(-n2cc(CC(C)(C)C(=O)O)nn2)c1. The molecule has 6 nitrogen and oxygen atoms in total. The molecule has 0 atom stereocenters. The van der Waals surface area contributed by atoms with Gasteiger partial charge in [-0.15, -0.1) is 5.10 Å². The summed E-state index contributed by atoms with van der Waals surface area (Å²) >= 11 is 0. The van der Waals surface area contributed by atoms with Gasteiger partial charge >= 0.3 is 5.97 Å². The molecule has 2 rings (SSSR count). The highest BCUT2D eigenvalue weighted by atomic mass is 16.5. The van der Waals surface area contributed by atoms with Crippen molar-refractivity contribution in [2.75, 3.05) is 7.11 Å². The van der Waals surface area contributed by atoms with Crippen LogP contribution in [0.2, 0.25) is 0 Å². The maximum absolute atomic E-state index is 11.1. The van der Waals surface area contributed by atoms with Gasteiger partial charge in [0.05, 0.1) is 30.1 Å². The van der Waals surface area contributed by atoms with E-state index in [-0.39, 0.29) is 0 Å². The monoisotopic (exact) mass is 275 g/mol. The first-order chi connectivity index (χ1) is 9.42. The molecule has 1 aromatic heterocycles. The Kier molecular flexibility index (Phi) is 3.74. The number of rotatable bonds is 5. The standard InChI is InChI=1S/C14H17N3O3/c1-14(2,13(18)19)8-10-9-17(16-15-10)11-5-4-6-12(7-11)20-3/h4-7,9H,8H2,1-3H3,(H,18,19). The van der Waals surface area contributed by atoms with Crippen molar-refractivity contribution < 1.29 is 14.6 Å². The van der Waals surface area contributed by atoms with Crippen LogP contribution in [0.15, 0.2) is 30.5 Å². The number of ether oxygens (including phenoxy) is 1. The summed E-state index contributed by atoms with van der Waals surface area (Å²) < 4.78 is 6.76. The number of carboxylic acid groups (broad SMARTS) is 1. The van der Waals surface area contributed by atoms with Crippen molar-refractivity contribution in [1.82, 2.24) is 15.0 Å². The number of hydrogen-bond donors (Lipinski definition) is 1. The summed E-state index contributed by atoms with van der Waals surface area (Å²) in [5.41, 5.74) is 0.589. The Morgan fingerprint density at radius 1 is 1.45 bits per heavy atom. The topological polar surface area (TPSA) is 77.2 Å². The van der Waals surface area contributed by atoms with E-state index in [0.717, 1.165) is 11.4 Å². The van der Waals surface area contributed by atoms with Crippen LogP contribution in [0.3, 0.4) is 0 Å². The van der Waals surface area contributed by atoms with Gasteiger partial charge in [0.15, 0.2) is 0 Å². The minimum atomic E-state index is -0.866. The molecular formula is C14H17N3O3. The molecule has 20 heavy (non-hydrogen) atoms. The van der Waals surface area contributed by atoms with Crippen molar-refractivity contribution in [2.24, 2.45) is 5.41 Å². The molecule has 0 unspecified atom stereocenters. The fraction of sp³-hybridized carbons (Fsp3) is 0.357. The third kappa shape index (κ3) is 2.96. The maximum Gasteiger partial charge on any atom is 0.309 e. The van der Waals surface area contributed by atoms with Crippen molar-refractivity contribution >= 4 is 5.97 Å². The van der Waals surface area contributed by atoms with Gasteiger partial charge < -0.3 is 9.84 Å². The van der Waals surface area contributed by atoms with Gasteiger partial charge in [-0.3, -0.25) is 4.79 Å². The predicted octanol–water partition coefficient (Wildman–Crippen LogP) is 1.93. The van der Waals surface area contributed by atoms with Crippen molar-refractivity contribution in [2.45, 2.75) is 20.3 Å². The highest BCUT2D eigenvalue weighted by Crippen LogP contribution is 2.22. The molecule has 106 valence electrons. The van der Waals surface area contributed by atoms with Crippen molar-refractivity contribution in [3.05, 3.63) is 36.2 Å². The first-order valence-corrected chi connectivity index (χ1v) is 6.21. The quantitative estimate of drug-likeness (QED) is 0.902. The molecule has 0 saturated carbocycles. The molecule has 2 aromatic rings. The second kappa shape index (κ2) is 5.32. The van der Waals surface area contributed by atoms with Gasteiger partial charge in [-0.05, 0) is 26.0 Å². The van der Waals surface area contributed by atoms with E-state index in [1.807, 2.05) is 24.3 Å². The molecule has 1 N–H and O–H groups in total. The smallest absolute Gasteiger partial charge is 0.309 e. The van der Waals surface area contributed by atoms with Crippen LogP contribution in [0.4, 0.5) is 0 Å². The summed E-state index contributed by atoms with van der Waals surface area (Å²) in [6.07, 6.45) is 2.06. The lowest BCUT2D eigenvalue weighted by Gasteiger charge is -2.16. The lowest BCUT2D eigenvalue weighted by molar-refractivity contribution is -0.146. The van der Waals surface area contributed by atoms with Crippen LogP contribution in [0.1, 0.15) is 19.5 Å². The molecule has 6 heteroatoms. The summed E-state index contributed by atoms with van der Waals surface area (Å²) in [5, 5.41) is 17.2. The van der Waals surface area contributed by atoms with E-state index in [4.69, 9.17) is 9.84 Å². The minimum Gasteiger partial charge on any atom is -0.497 e. The zero-order valence-electron chi connectivity index (χ0n) is 11.7. The van der Waals surface area contributed by atoms with E-state index in [1.54, 1.807) is 31.8 Å². The number of benzene rings is 1. The molecule has 0 aliphatic carbocycles. The lowest BCUT2D eigenvalue weighted by atomic mass is 9.88. The number of aromatic nitrogens is 3. The number of aliphatic carboxylic acids is 1. The van der Waals surface area contributed by atoms with E-state index < -0.39 is 11.4 Å². The fourth-order valence-electron chi connectivity index (χ4n) is 1.79. The largest absolute Gasteiger partial charge is 0.497 e. The second-order valence-electron chi connectivity index (χ2n) is 5.22. The van der Waals surface area contributed by atoms with Crippen LogP contribution >= 0.6 is 0 Å². The Bertz CT molecular complexity index is 620. The molecule has 0 spiro atoms. The molecule has 0 aliphatic rings.